The van der Waals surface area contributed by atoms with Gasteiger partial charge in [-0.15, -0.1) is 0 Å². The molecule has 0 aliphatic rings. The van der Waals surface area contributed by atoms with Crippen LogP contribution in [-0.4, -0.2) is 28.6 Å². The fourth-order valence-corrected chi connectivity index (χ4v) is 8.69. The van der Waals surface area contributed by atoms with E-state index in [1.807, 2.05) is 0 Å². The van der Waals surface area contributed by atoms with Crippen LogP contribution in [0.15, 0.2) is 0 Å². The molecule has 0 heterocycles. The summed E-state index contributed by atoms with van der Waals surface area (Å²) in [6, 6.07) is 0. The molecule has 0 aromatic heterocycles. The SMILES string of the molecule is COCC(C)CO[Si](C(C)C)(C(C)C)C(C)C. The van der Waals surface area contributed by atoms with E-state index in [9.17, 15) is 0 Å². The molecule has 0 fully saturated rings. The molecule has 17 heavy (non-hydrogen) atoms. The second kappa shape index (κ2) is 7.55. The average molecular weight is 260 g/mol. The quantitative estimate of drug-likeness (QED) is 0.600. The van der Waals surface area contributed by atoms with Crippen molar-refractivity contribution >= 4 is 8.32 Å². The van der Waals surface area contributed by atoms with Crippen LogP contribution in [0.2, 0.25) is 16.6 Å². The standard InChI is InChI=1S/C14H32O2Si/c1-11(2)17(12(3)4,13(5)6)16-10-14(7)9-15-8/h11-14H,9-10H2,1-8H3. The van der Waals surface area contributed by atoms with E-state index in [2.05, 4.69) is 48.5 Å². The lowest BCUT2D eigenvalue weighted by atomic mass is 10.2. The summed E-state index contributed by atoms with van der Waals surface area (Å²) >= 11 is 0. The third-order valence-electron chi connectivity index (χ3n) is 3.78. The third kappa shape index (κ3) is 4.38. The van der Waals surface area contributed by atoms with Gasteiger partial charge in [0.1, 0.15) is 0 Å². The van der Waals surface area contributed by atoms with Gasteiger partial charge in [-0.3, -0.25) is 0 Å². The molecule has 0 aliphatic carbocycles. The lowest BCUT2D eigenvalue weighted by molar-refractivity contribution is 0.120. The van der Waals surface area contributed by atoms with E-state index in [0.717, 1.165) is 13.2 Å². The van der Waals surface area contributed by atoms with E-state index in [1.54, 1.807) is 7.11 Å². The van der Waals surface area contributed by atoms with Crippen LogP contribution in [0.4, 0.5) is 0 Å². The predicted octanol–water partition coefficient (Wildman–Crippen LogP) is 4.46. The summed E-state index contributed by atoms with van der Waals surface area (Å²) in [5.41, 5.74) is 1.99. The first-order chi connectivity index (χ1) is 7.78. The maximum absolute atomic E-state index is 6.49. The van der Waals surface area contributed by atoms with Crippen molar-refractivity contribution in [2.45, 2.75) is 65.1 Å². The van der Waals surface area contributed by atoms with E-state index in [-0.39, 0.29) is 0 Å². The van der Waals surface area contributed by atoms with Gasteiger partial charge in [0, 0.05) is 19.6 Å². The van der Waals surface area contributed by atoms with Crippen molar-refractivity contribution in [3.05, 3.63) is 0 Å². The summed E-state index contributed by atoms with van der Waals surface area (Å²) < 4.78 is 11.7. The van der Waals surface area contributed by atoms with Gasteiger partial charge >= 0.3 is 0 Å². The summed E-state index contributed by atoms with van der Waals surface area (Å²) in [4.78, 5) is 0. The van der Waals surface area contributed by atoms with Crippen molar-refractivity contribution in [3.63, 3.8) is 0 Å². The highest BCUT2D eigenvalue weighted by Gasteiger charge is 2.45. The molecule has 104 valence electrons. The Hall–Kier alpha value is 0.137. The van der Waals surface area contributed by atoms with Gasteiger partial charge in [0.2, 0.25) is 0 Å². The maximum atomic E-state index is 6.49. The Morgan fingerprint density at radius 1 is 0.765 bits per heavy atom. The van der Waals surface area contributed by atoms with E-state index < -0.39 is 8.32 Å². The molecule has 0 radical (unpaired) electrons. The zero-order valence-electron chi connectivity index (χ0n) is 13.0. The van der Waals surface area contributed by atoms with Crippen LogP contribution in [0.1, 0.15) is 48.5 Å². The molecule has 0 bridgehead atoms. The molecule has 0 N–H and O–H groups in total. The minimum atomic E-state index is -1.67. The number of hydrogen-bond donors (Lipinski definition) is 0. The Balaban J connectivity index is 4.70. The highest BCUT2D eigenvalue weighted by Crippen LogP contribution is 2.42. The molecule has 0 saturated heterocycles. The van der Waals surface area contributed by atoms with Crippen molar-refractivity contribution in [2.75, 3.05) is 20.3 Å². The molecule has 1 atom stereocenters. The van der Waals surface area contributed by atoms with Crippen molar-refractivity contribution in [1.29, 1.82) is 0 Å². The first kappa shape index (κ1) is 17.1. The zero-order chi connectivity index (χ0) is 13.6. The second-order valence-electron chi connectivity index (χ2n) is 6.19. The first-order valence-electron chi connectivity index (χ1n) is 6.91. The molecule has 1 unspecified atom stereocenters. The van der Waals surface area contributed by atoms with Crippen molar-refractivity contribution in [1.82, 2.24) is 0 Å². The topological polar surface area (TPSA) is 18.5 Å². The molecule has 0 amide bonds. The monoisotopic (exact) mass is 260 g/mol. The van der Waals surface area contributed by atoms with Crippen molar-refractivity contribution in [3.8, 4) is 0 Å². The van der Waals surface area contributed by atoms with Crippen LogP contribution >= 0.6 is 0 Å². The smallest absolute Gasteiger partial charge is 0.200 e. The molecule has 0 saturated carbocycles. The number of methoxy groups -OCH3 is 1. The molecular weight excluding hydrogens is 228 g/mol. The van der Waals surface area contributed by atoms with E-state index in [0.29, 0.717) is 22.5 Å². The molecule has 2 nitrogen and oxygen atoms in total. The van der Waals surface area contributed by atoms with Crippen LogP contribution in [0.3, 0.4) is 0 Å². The van der Waals surface area contributed by atoms with Gasteiger partial charge < -0.3 is 9.16 Å². The lowest BCUT2D eigenvalue weighted by Crippen LogP contribution is -2.48. The van der Waals surface area contributed by atoms with E-state index >= 15 is 0 Å². The summed E-state index contributed by atoms with van der Waals surface area (Å²) in [6.07, 6.45) is 0. The van der Waals surface area contributed by atoms with Crippen molar-refractivity contribution in [2.24, 2.45) is 5.92 Å². The summed E-state index contributed by atoms with van der Waals surface area (Å²) in [7, 11) is 0.0835. The fourth-order valence-electron chi connectivity index (χ4n) is 3.12. The fraction of sp³-hybridized carbons (Fsp3) is 1.00. The Morgan fingerprint density at radius 3 is 1.47 bits per heavy atom. The Labute approximate surface area is 109 Å². The van der Waals surface area contributed by atoms with Gasteiger partial charge in [-0.2, -0.15) is 0 Å². The molecular formula is C14H32O2Si. The molecule has 0 aromatic carbocycles. The predicted molar refractivity (Wildman–Crippen MR) is 78.0 cm³/mol. The van der Waals surface area contributed by atoms with Crippen molar-refractivity contribution < 1.29 is 9.16 Å². The zero-order valence-corrected chi connectivity index (χ0v) is 14.0. The minimum Gasteiger partial charge on any atom is -0.416 e. The van der Waals surface area contributed by atoms with Crippen LogP contribution in [0.5, 0.6) is 0 Å². The van der Waals surface area contributed by atoms with Gasteiger partial charge in [-0.1, -0.05) is 48.5 Å². The maximum Gasteiger partial charge on any atom is 0.200 e. The first-order valence-corrected chi connectivity index (χ1v) is 9.05. The Kier molecular flexibility index (Phi) is 7.61. The number of hydrogen-bond acceptors (Lipinski definition) is 2. The van der Waals surface area contributed by atoms with Crippen LogP contribution < -0.4 is 0 Å². The van der Waals surface area contributed by atoms with Crippen LogP contribution in [0.25, 0.3) is 0 Å². The average Bonchev–Trinajstić information content (AvgIpc) is 2.17. The van der Waals surface area contributed by atoms with Gasteiger partial charge in [-0.25, -0.2) is 0 Å². The lowest BCUT2D eigenvalue weighted by Gasteiger charge is -2.42. The molecule has 3 heteroatoms. The Bertz CT molecular complexity index is 181. The van der Waals surface area contributed by atoms with Gasteiger partial charge in [0.15, 0.2) is 8.32 Å². The largest absolute Gasteiger partial charge is 0.416 e. The van der Waals surface area contributed by atoms with E-state index in [1.165, 1.54) is 0 Å². The van der Waals surface area contributed by atoms with Gasteiger partial charge in [0.05, 0.1) is 6.61 Å². The summed E-state index contributed by atoms with van der Waals surface area (Å²) in [6.45, 7) is 17.8. The molecule has 0 spiro atoms. The van der Waals surface area contributed by atoms with Gasteiger partial charge in [0.25, 0.3) is 0 Å². The van der Waals surface area contributed by atoms with E-state index in [4.69, 9.17) is 9.16 Å². The summed E-state index contributed by atoms with van der Waals surface area (Å²) in [5.74, 6) is 0.489. The molecule has 0 rings (SSSR count). The molecule has 0 aromatic rings. The van der Waals surface area contributed by atoms with Crippen LogP contribution in [-0.2, 0) is 9.16 Å². The highest BCUT2D eigenvalue weighted by molar-refractivity contribution is 6.77. The highest BCUT2D eigenvalue weighted by atomic mass is 28.4. The normalized spacial score (nSPS) is 15.0. The second-order valence-corrected chi connectivity index (χ2v) is 11.6. The van der Waals surface area contributed by atoms with Gasteiger partial charge in [-0.05, 0) is 16.6 Å². The number of rotatable bonds is 8. The number of ether oxygens (including phenoxy) is 1. The third-order valence-corrected chi connectivity index (χ3v) is 9.86. The Morgan fingerprint density at radius 2 is 1.18 bits per heavy atom. The summed E-state index contributed by atoms with van der Waals surface area (Å²) in [5, 5.41) is 0. The molecule has 0 aliphatic heterocycles. The van der Waals surface area contributed by atoms with Crippen LogP contribution in [0, 0.1) is 5.92 Å². The minimum absolute atomic E-state index is 0.489.